The van der Waals surface area contributed by atoms with Crippen LogP contribution in [0.5, 0.6) is 0 Å². The van der Waals surface area contributed by atoms with Crippen molar-refractivity contribution in [2.45, 2.75) is 6.92 Å². The lowest BCUT2D eigenvalue weighted by Crippen LogP contribution is -2.06. The molecule has 5 heteroatoms. The van der Waals surface area contributed by atoms with Crippen molar-refractivity contribution in [3.8, 4) is 0 Å². The maximum absolute atomic E-state index is 11.5. The molecule has 0 N–H and O–H groups in total. The van der Waals surface area contributed by atoms with Gasteiger partial charge in [-0.2, -0.15) is 0 Å². The Morgan fingerprint density at radius 1 is 1.28 bits per heavy atom. The molecule has 0 saturated carbocycles. The summed E-state index contributed by atoms with van der Waals surface area (Å²) >= 11 is 0. The third kappa shape index (κ3) is 1.90. The number of carbonyl (C=O) groups is 3. The van der Waals surface area contributed by atoms with Gasteiger partial charge in [-0.25, -0.2) is 14.4 Å². The molecule has 0 spiro atoms. The van der Waals surface area contributed by atoms with E-state index in [0.29, 0.717) is 5.56 Å². The third-order valence-corrected chi connectivity index (χ3v) is 2.52. The van der Waals surface area contributed by atoms with Crippen molar-refractivity contribution in [3.05, 3.63) is 41.5 Å². The fraction of sp³-hybridized carbons (Fsp3) is 0.154. The topological polar surface area (TPSA) is 69.7 Å². The van der Waals surface area contributed by atoms with Gasteiger partial charge >= 0.3 is 17.9 Å². The van der Waals surface area contributed by atoms with Gasteiger partial charge in [-0.3, -0.25) is 0 Å². The van der Waals surface area contributed by atoms with E-state index in [9.17, 15) is 14.4 Å². The predicted octanol–water partition coefficient (Wildman–Crippen LogP) is 1.57. The van der Waals surface area contributed by atoms with Crippen molar-refractivity contribution in [2.24, 2.45) is 0 Å². The van der Waals surface area contributed by atoms with E-state index in [1.54, 1.807) is 6.92 Å². The van der Waals surface area contributed by atoms with Gasteiger partial charge in [0.2, 0.25) is 0 Å². The lowest BCUT2D eigenvalue weighted by atomic mass is 10.0. The molecule has 0 atom stereocenters. The second-order valence-electron chi connectivity index (χ2n) is 3.64. The molecule has 1 heterocycles. The van der Waals surface area contributed by atoms with Crippen LogP contribution in [0, 0.1) is 0 Å². The highest BCUT2D eigenvalue weighted by Gasteiger charge is 2.30. The van der Waals surface area contributed by atoms with Gasteiger partial charge in [0.15, 0.2) is 0 Å². The van der Waals surface area contributed by atoms with Crippen LogP contribution < -0.4 is 0 Å². The first-order valence-electron chi connectivity index (χ1n) is 5.31. The van der Waals surface area contributed by atoms with Crippen molar-refractivity contribution >= 4 is 23.5 Å². The van der Waals surface area contributed by atoms with Crippen LogP contribution in [0.3, 0.4) is 0 Å². The van der Waals surface area contributed by atoms with Crippen LogP contribution in [0.1, 0.15) is 33.2 Å². The smallest absolute Gasteiger partial charge is 0.346 e. The molecule has 0 unspecified atom stereocenters. The Morgan fingerprint density at radius 2 is 1.94 bits per heavy atom. The van der Waals surface area contributed by atoms with Crippen LogP contribution in [0.4, 0.5) is 0 Å². The summed E-state index contributed by atoms with van der Waals surface area (Å²) in [4.78, 5) is 34.1. The van der Waals surface area contributed by atoms with E-state index < -0.39 is 17.9 Å². The molecule has 1 aliphatic heterocycles. The normalized spacial score (nSPS) is 12.9. The molecule has 0 saturated heterocycles. The average molecular weight is 246 g/mol. The summed E-state index contributed by atoms with van der Waals surface area (Å²) in [7, 11) is 0. The number of rotatable bonds is 3. The monoisotopic (exact) mass is 246 g/mol. The predicted molar refractivity (Wildman–Crippen MR) is 61.9 cm³/mol. The Labute approximate surface area is 103 Å². The molecule has 1 aromatic rings. The van der Waals surface area contributed by atoms with Crippen LogP contribution in [0.2, 0.25) is 0 Å². The molecule has 1 aromatic carbocycles. The van der Waals surface area contributed by atoms with Crippen LogP contribution in [0.25, 0.3) is 5.57 Å². The van der Waals surface area contributed by atoms with Crippen LogP contribution in [-0.4, -0.2) is 24.5 Å². The summed E-state index contributed by atoms with van der Waals surface area (Å²) in [5, 5.41) is 0. The highest BCUT2D eigenvalue weighted by Crippen LogP contribution is 2.24. The van der Waals surface area contributed by atoms with Crippen molar-refractivity contribution in [2.75, 3.05) is 6.61 Å². The Morgan fingerprint density at radius 3 is 2.61 bits per heavy atom. The third-order valence-electron chi connectivity index (χ3n) is 2.52. The minimum absolute atomic E-state index is 0.131. The van der Waals surface area contributed by atoms with Gasteiger partial charge in [0.1, 0.15) is 0 Å². The van der Waals surface area contributed by atoms with Crippen LogP contribution in [0.15, 0.2) is 24.8 Å². The van der Waals surface area contributed by atoms with Gasteiger partial charge in [0, 0.05) is 0 Å². The zero-order valence-electron chi connectivity index (χ0n) is 9.69. The number of cyclic esters (lactones) is 2. The lowest BCUT2D eigenvalue weighted by Gasteiger charge is -2.05. The summed E-state index contributed by atoms with van der Waals surface area (Å²) in [6, 6.07) is 4.36. The van der Waals surface area contributed by atoms with E-state index >= 15 is 0 Å². The van der Waals surface area contributed by atoms with E-state index in [-0.39, 0.29) is 23.3 Å². The van der Waals surface area contributed by atoms with Gasteiger partial charge in [0.25, 0.3) is 0 Å². The fourth-order valence-electron chi connectivity index (χ4n) is 1.61. The molecular weight excluding hydrogens is 236 g/mol. The van der Waals surface area contributed by atoms with E-state index in [1.165, 1.54) is 18.2 Å². The molecule has 0 fully saturated rings. The summed E-state index contributed by atoms with van der Waals surface area (Å²) in [6.45, 7) is 5.53. The first-order chi connectivity index (χ1) is 8.54. The van der Waals surface area contributed by atoms with E-state index in [4.69, 9.17) is 4.74 Å². The Kier molecular flexibility index (Phi) is 2.97. The van der Waals surface area contributed by atoms with Crippen molar-refractivity contribution in [1.82, 2.24) is 0 Å². The van der Waals surface area contributed by atoms with Crippen molar-refractivity contribution in [3.63, 3.8) is 0 Å². The molecule has 0 aliphatic carbocycles. The second-order valence-corrected chi connectivity index (χ2v) is 3.64. The summed E-state index contributed by atoms with van der Waals surface area (Å²) in [5.74, 6) is -1.95. The number of fused-ring (bicyclic) bond motifs is 1. The number of hydrogen-bond donors (Lipinski definition) is 0. The first kappa shape index (κ1) is 12.0. The van der Waals surface area contributed by atoms with Crippen LogP contribution >= 0.6 is 0 Å². The van der Waals surface area contributed by atoms with Crippen molar-refractivity contribution in [1.29, 1.82) is 0 Å². The zero-order chi connectivity index (χ0) is 13.3. The molecule has 1 aliphatic rings. The molecular formula is C13H10O5. The highest BCUT2D eigenvalue weighted by molar-refractivity contribution is 6.18. The molecule has 0 amide bonds. The quantitative estimate of drug-likeness (QED) is 0.460. The lowest BCUT2D eigenvalue weighted by molar-refractivity contribution is -0.136. The SMILES string of the molecule is C=C(C(=O)OCC)c1ccc2c(c1)C(=O)OC2=O. The second kappa shape index (κ2) is 4.44. The Hall–Kier alpha value is -2.43. The van der Waals surface area contributed by atoms with Gasteiger partial charge in [-0.15, -0.1) is 0 Å². The molecule has 18 heavy (non-hydrogen) atoms. The van der Waals surface area contributed by atoms with E-state index in [0.717, 1.165) is 0 Å². The Bertz CT molecular complexity index is 571. The van der Waals surface area contributed by atoms with Crippen molar-refractivity contribution < 1.29 is 23.9 Å². The summed E-state index contributed by atoms with van der Waals surface area (Å²) in [5.41, 5.74) is 0.897. The average Bonchev–Trinajstić information content (AvgIpc) is 2.64. The van der Waals surface area contributed by atoms with Gasteiger partial charge in [-0.05, 0) is 24.6 Å². The molecule has 0 aromatic heterocycles. The van der Waals surface area contributed by atoms with Crippen LogP contribution in [-0.2, 0) is 14.3 Å². The number of hydrogen-bond acceptors (Lipinski definition) is 5. The summed E-state index contributed by atoms with van der Waals surface area (Å²) < 4.78 is 9.25. The summed E-state index contributed by atoms with van der Waals surface area (Å²) in [6.07, 6.45) is 0. The standard InChI is InChI=1S/C13H10O5/c1-3-17-11(14)7(2)8-4-5-9-10(6-8)13(16)18-12(9)15/h4-6H,2-3H2,1H3. The number of benzene rings is 1. The first-order valence-corrected chi connectivity index (χ1v) is 5.31. The molecule has 5 nitrogen and oxygen atoms in total. The highest BCUT2D eigenvalue weighted by atomic mass is 16.6. The zero-order valence-corrected chi connectivity index (χ0v) is 9.69. The van der Waals surface area contributed by atoms with Gasteiger partial charge in [0.05, 0.1) is 23.3 Å². The molecule has 0 radical (unpaired) electrons. The fourth-order valence-corrected chi connectivity index (χ4v) is 1.61. The molecule has 0 bridgehead atoms. The van der Waals surface area contributed by atoms with E-state index in [2.05, 4.69) is 11.3 Å². The number of esters is 3. The maximum Gasteiger partial charge on any atom is 0.346 e. The largest absolute Gasteiger partial charge is 0.462 e. The Balaban J connectivity index is 2.36. The maximum atomic E-state index is 11.5. The van der Waals surface area contributed by atoms with Gasteiger partial charge < -0.3 is 9.47 Å². The minimum Gasteiger partial charge on any atom is -0.462 e. The number of carbonyl (C=O) groups excluding carboxylic acids is 3. The molecule has 92 valence electrons. The number of ether oxygens (including phenoxy) is 2. The molecule has 2 rings (SSSR count). The minimum atomic E-state index is -0.714. The van der Waals surface area contributed by atoms with E-state index in [1.807, 2.05) is 0 Å². The van der Waals surface area contributed by atoms with Gasteiger partial charge in [-0.1, -0.05) is 12.6 Å².